The molecule has 2 N–H and O–H groups in total. The van der Waals surface area contributed by atoms with Gasteiger partial charge in [0.25, 0.3) is 5.91 Å². The molecule has 0 aromatic heterocycles. The van der Waals surface area contributed by atoms with Crippen molar-refractivity contribution in [1.29, 1.82) is 0 Å². The van der Waals surface area contributed by atoms with E-state index in [9.17, 15) is 32.3 Å². The molecule has 222 valence electrons. The second kappa shape index (κ2) is 13.6. The summed E-state index contributed by atoms with van der Waals surface area (Å²) in [6.07, 6.45) is -6.22. The van der Waals surface area contributed by atoms with Crippen molar-refractivity contribution in [3.05, 3.63) is 101 Å². The summed E-state index contributed by atoms with van der Waals surface area (Å²) in [4.78, 5) is 54.4. The Morgan fingerprint density at radius 2 is 1.65 bits per heavy atom. The van der Waals surface area contributed by atoms with Gasteiger partial charge < -0.3 is 20.3 Å². The molecule has 8 nitrogen and oxygen atoms in total. The normalized spacial score (nSPS) is 14.6. The molecular formula is C31H26F3N3O5S. The Balaban J connectivity index is 1.79. The Morgan fingerprint density at radius 3 is 2.28 bits per heavy atom. The van der Waals surface area contributed by atoms with Crippen LogP contribution < -0.4 is 10.6 Å². The zero-order valence-electron chi connectivity index (χ0n) is 22.6. The van der Waals surface area contributed by atoms with Gasteiger partial charge in [-0.1, -0.05) is 72.5 Å². The van der Waals surface area contributed by atoms with E-state index in [-0.39, 0.29) is 24.3 Å². The molecule has 0 fully saturated rings. The van der Waals surface area contributed by atoms with Crippen LogP contribution in [0, 0.1) is 11.8 Å². The average Bonchev–Trinajstić information content (AvgIpc) is 3.09. The third-order valence-electron chi connectivity index (χ3n) is 6.53. The number of anilines is 1. The number of halogens is 3. The molecule has 0 bridgehead atoms. The molecule has 1 aliphatic rings. The van der Waals surface area contributed by atoms with Crippen molar-refractivity contribution >= 4 is 42.1 Å². The van der Waals surface area contributed by atoms with Crippen molar-refractivity contribution in [3.63, 3.8) is 0 Å². The van der Waals surface area contributed by atoms with E-state index in [1.54, 1.807) is 54.6 Å². The average molecular weight is 610 g/mol. The Labute approximate surface area is 251 Å². The number of hydrogen-bond acceptors (Lipinski definition) is 7. The summed E-state index contributed by atoms with van der Waals surface area (Å²) in [6.45, 7) is -0.213. The van der Waals surface area contributed by atoms with E-state index in [2.05, 4.69) is 29.2 Å². The summed E-state index contributed by atoms with van der Waals surface area (Å²) in [6, 6.07) is 20.5. The van der Waals surface area contributed by atoms with Crippen LogP contribution in [-0.2, 0) is 25.7 Å². The molecular weight excluding hydrogens is 583 g/mol. The summed E-state index contributed by atoms with van der Waals surface area (Å²) in [5.74, 6) is 0.402. The van der Waals surface area contributed by atoms with Crippen LogP contribution in [0.15, 0.2) is 78.9 Å². The van der Waals surface area contributed by atoms with E-state index in [4.69, 9.17) is 5.73 Å². The first kappa shape index (κ1) is 31.3. The number of nitrogens with zero attached hydrogens (tertiary/aromatic N) is 2. The molecule has 12 heteroatoms. The van der Waals surface area contributed by atoms with Gasteiger partial charge in [-0.2, -0.15) is 25.8 Å². The first-order valence-corrected chi connectivity index (χ1v) is 13.5. The number of fused-ring (bicyclic) bond motifs is 1. The number of thiol groups is 1. The molecule has 0 spiro atoms. The molecule has 43 heavy (non-hydrogen) atoms. The Kier molecular flexibility index (Phi) is 9.90. The van der Waals surface area contributed by atoms with Gasteiger partial charge in [0.2, 0.25) is 5.91 Å². The predicted octanol–water partition coefficient (Wildman–Crippen LogP) is 4.05. The van der Waals surface area contributed by atoms with Crippen LogP contribution in [0.3, 0.4) is 0 Å². The highest BCUT2D eigenvalue weighted by Crippen LogP contribution is 2.34. The molecule has 3 aromatic carbocycles. The molecule has 0 saturated heterocycles. The van der Waals surface area contributed by atoms with Gasteiger partial charge in [0.1, 0.15) is 6.54 Å². The van der Waals surface area contributed by atoms with E-state index in [0.29, 0.717) is 11.1 Å². The third kappa shape index (κ3) is 7.82. The SMILES string of the molecule is NCC(S)C#Cc1ccc2c(c1)C(=O)N(C(CC(=O)OC(=O)C(F)(F)F)c1ccccc1)CC(=O)N2Cc1ccccc1. The lowest BCUT2D eigenvalue weighted by molar-refractivity contribution is -0.202. The summed E-state index contributed by atoms with van der Waals surface area (Å²) in [5.41, 5.74) is 7.51. The van der Waals surface area contributed by atoms with Gasteiger partial charge in [0.15, 0.2) is 0 Å². The third-order valence-corrected chi connectivity index (χ3v) is 6.87. The van der Waals surface area contributed by atoms with Crippen molar-refractivity contribution in [2.45, 2.75) is 30.4 Å². The molecule has 2 atom stereocenters. The molecule has 0 radical (unpaired) electrons. The number of carbonyl (C=O) groups is 4. The monoisotopic (exact) mass is 609 g/mol. The summed E-state index contributed by atoms with van der Waals surface area (Å²) in [7, 11) is 0. The fourth-order valence-electron chi connectivity index (χ4n) is 4.47. The van der Waals surface area contributed by atoms with Gasteiger partial charge >= 0.3 is 18.1 Å². The number of benzene rings is 3. The number of carbonyl (C=O) groups excluding carboxylic acids is 4. The molecule has 4 rings (SSSR count). The van der Waals surface area contributed by atoms with E-state index >= 15 is 0 Å². The van der Waals surface area contributed by atoms with E-state index in [1.807, 2.05) is 18.2 Å². The quantitative estimate of drug-likeness (QED) is 0.181. The smallest absolute Gasteiger partial charge is 0.386 e. The topological polar surface area (TPSA) is 110 Å². The van der Waals surface area contributed by atoms with Crippen LogP contribution in [0.2, 0.25) is 0 Å². The van der Waals surface area contributed by atoms with Gasteiger partial charge in [-0.05, 0) is 29.3 Å². The van der Waals surface area contributed by atoms with E-state index in [1.165, 1.54) is 11.0 Å². The van der Waals surface area contributed by atoms with E-state index in [0.717, 1.165) is 10.5 Å². The first-order valence-electron chi connectivity index (χ1n) is 13.0. The standard InChI is InChI=1S/C31H26F3N3O5S/c32-31(33,34)30(41)42-28(39)16-26(22-9-5-2-6-10-22)37-19-27(38)36(18-21-7-3-1-4-8-21)25-14-12-20(11-13-23(43)17-35)15-24(25)29(37)40/h1-10,12,14-15,23,26,43H,16-19,35H2. The summed E-state index contributed by atoms with van der Waals surface area (Å²) < 4.78 is 42.4. The van der Waals surface area contributed by atoms with Crippen LogP contribution in [0.1, 0.15) is 39.5 Å². The maximum atomic E-state index is 14.2. The van der Waals surface area contributed by atoms with Crippen molar-refractivity contribution in [2.75, 3.05) is 18.0 Å². The van der Waals surface area contributed by atoms with Crippen LogP contribution in [0.4, 0.5) is 18.9 Å². The minimum atomic E-state index is -5.39. The van der Waals surface area contributed by atoms with E-state index < -0.39 is 54.2 Å². The van der Waals surface area contributed by atoms with Crippen molar-refractivity contribution in [1.82, 2.24) is 4.90 Å². The lowest BCUT2D eigenvalue weighted by Crippen LogP contribution is -2.42. The Bertz CT molecular complexity index is 1570. The predicted molar refractivity (Wildman–Crippen MR) is 155 cm³/mol. The number of alkyl halides is 3. The number of ether oxygens (including phenoxy) is 1. The number of rotatable bonds is 7. The van der Waals surface area contributed by atoms with Crippen LogP contribution in [0.5, 0.6) is 0 Å². The zero-order chi connectivity index (χ0) is 31.1. The minimum absolute atomic E-state index is 0.0812. The first-order chi connectivity index (χ1) is 20.5. The maximum absolute atomic E-state index is 14.2. The van der Waals surface area contributed by atoms with Crippen LogP contribution in [0.25, 0.3) is 0 Å². The maximum Gasteiger partial charge on any atom is 0.491 e. The Hall–Kier alpha value is -4.60. The molecule has 1 heterocycles. The summed E-state index contributed by atoms with van der Waals surface area (Å²) >= 11 is 4.27. The van der Waals surface area contributed by atoms with Crippen LogP contribution in [-0.4, -0.2) is 53.2 Å². The highest BCUT2D eigenvalue weighted by atomic mass is 32.1. The van der Waals surface area contributed by atoms with Crippen LogP contribution >= 0.6 is 12.6 Å². The fraction of sp³-hybridized carbons (Fsp3) is 0.226. The van der Waals surface area contributed by atoms with Gasteiger partial charge in [-0.25, -0.2) is 4.79 Å². The second-order valence-corrected chi connectivity index (χ2v) is 10.2. The number of nitrogens with two attached hydrogens (primary N) is 1. The molecule has 2 amide bonds. The Morgan fingerprint density at radius 1 is 1.00 bits per heavy atom. The number of esters is 2. The van der Waals surface area contributed by atoms with Gasteiger partial charge in [-0.3, -0.25) is 14.4 Å². The van der Waals surface area contributed by atoms with Crippen molar-refractivity contribution in [2.24, 2.45) is 5.73 Å². The largest absolute Gasteiger partial charge is 0.491 e. The molecule has 3 aromatic rings. The summed E-state index contributed by atoms with van der Waals surface area (Å²) in [5, 5.41) is -0.421. The van der Waals surface area contributed by atoms with Crippen molar-refractivity contribution < 1.29 is 37.1 Å². The molecule has 2 unspecified atom stereocenters. The molecule has 1 aliphatic heterocycles. The number of hydrogen-bond donors (Lipinski definition) is 2. The van der Waals surface area contributed by atoms with Gasteiger partial charge in [-0.15, -0.1) is 0 Å². The highest BCUT2D eigenvalue weighted by Gasteiger charge is 2.43. The second-order valence-electron chi connectivity index (χ2n) is 9.54. The molecule has 0 saturated carbocycles. The van der Waals surface area contributed by atoms with Crippen molar-refractivity contribution in [3.8, 4) is 11.8 Å². The lowest BCUT2D eigenvalue weighted by Gasteiger charge is -2.30. The minimum Gasteiger partial charge on any atom is -0.386 e. The lowest BCUT2D eigenvalue weighted by atomic mass is 10.00. The molecule has 0 aliphatic carbocycles. The zero-order valence-corrected chi connectivity index (χ0v) is 23.5. The fourth-order valence-corrected chi connectivity index (χ4v) is 4.54. The van der Waals surface area contributed by atoms with Gasteiger partial charge in [0.05, 0.1) is 35.5 Å². The number of amides is 2. The highest BCUT2D eigenvalue weighted by molar-refractivity contribution is 7.81. The van der Waals surface area contributed by atoms with Gasteiger partial charge in [0, 0.05) is 12.1 Å².